The van der Waals surface area contributed by atoms with E-state index in [-0.39, 0.29) is 11.7 Å². The van der Waals surface area contributed by atoms with Crippen molar-refractivity contribution in [3.8, 4) is 0 Å². The maximum atomic E-state index is 12.4. The molecule has 0 spiro atoms. The number of nitrogens with zero attached hydrogens (tertiary/aromatic N) is 2. The van der Waals surface area contributed by atoms with E-state index in [1.807, 2.05) is 24.3 Å². The zero-order valence-corrected chi connectivity index (χ0v) is 14.7. The molecule has 0 atom stereocenters. The number of aryl methyl sites for hydroxylation is 2. The topological polar surface area (TPSA) is 70.4 Å². The predicted molar refractivity (Wildman–Crippen MR) is 91.0 cm³/mol. The second kappa shape index (κ2) is 7.86. The first-order chi connectivity index (χ1) is 11.0. The molecular formula is C16H23N2O4P. The van der Waals surface area contributed by atoms with E-state index in [0.717, 1.165) is 11.0 Å². The van der Waals surface area contributed by atoms with E-state index in [0.29, 0.717) is 31.7 Å². The van der Waals surface area contributed by atoms with Crippen molar-refractivity contribution in [2.24, 2.45) is 7.05 Å². The Morgan fingerprint density at radius 1 is 1.17 bits per heavy atom. The lowest BCUT2D eigenvalue weighted by molar-refractivity contribution is 0.220. The van der Waals surface area contributed by atoms with Crippen LogP contribution in [0.3, 0.4) is 0 Å². The van der Waals surface area contributed by atoms with Gasteiger partial charge in [0.25, 0.3) is 5.56 Å². The summed E-state index contributed by atoms with van der Waals surface area (Å²) in [6.07, 6.45) is 1.26. The highest BCUT2D eigenvalue weighted by molar-refractivity contribution is 7.53. The lowest BCUT2D eigenvalue weighted by atomic mass is 10.2. The number of rotatable bonds is 8. The lowest BCUT2D eigenvalue weighted by Crippen LogP contribution is -2.23. The third-order valence-electron chi connectivity index (χ3n) is 3.55. The molecule has 1 heterocycles. The second-order valence-electron chi connectivity index (χ2n) is 5.18. The fraction of sp³-hybridized carbons (Fsp3) is 0.500. The molecule has 1 aromatic carbocycles. The van der Waals surface area contributed by atoms with Crippen LogP contribution in [0.2, 0.25) is 0 Å². The first kappa shape index (κ1) is 17.9. The number of aromatic nitrogens is 2. The third-order valence-corrected chi connectivity index (χ3v) is 5.71. The molecule has 6 nitrogen and oxygen atoms in total. The third kappa shape index (κ3) is 4.28. The monoisotopic (exact) mass is 338 g/mol. The Morgan fingerprint density at radius 3 is 2.48 bits per heavy atom. The molecule has 0 fully saturated rings. The normalized spacial score (nSPS) is 12.0. The molecule has 7 heteroatoms. The molecule has 0 saturated carbocycles. The Hall–Kier alpha value is -1.49. The Balaban J connectivity index is 2.15. The van der Waals surface area contributed by atoms with Gasteiger partial charge in [-0.1, -0.05) is 12.1 Å². The SMILES string of the molecule is CCOP(=O)(CCCc1nc2ccccc2n(C)c1=O)OCC. The number of fused-ring (bicyclic) bond motifs is 1. The van der Waals surface area contributed by atoms with Gasteiger partial charge >= 0.3 is 7.60 Å². The van der Waals surface area contributed by atoms with Crippen molar-refractivity contribution in [2.45, 2.75) is 26.7 Å². The summed E-state index contributed by atoms with van der Waals surface area (Å²) in [5.74, 6) is 0. The van der Waals surface area contributed by atoms with Gasteiger partial charge in [-0.05, 0) is 38.8 Å². The smallest absolute Gasteiger partial charge is 0.309 e. The molecule has 2 rings (SSSR count). The molecule has 0 amide bonds. The van der Waals surface area contributed by atoms with Gasteiger partial charge in [0.2, 0.25) is 0 Å². The van der Waals surface area contributed by atoms with Gasteiger partial charge in [0, 0.05) is 7.05 Å². The van der Waals surface area contributed by atoms with Crippen molar-refractivity contribution >= 4 is 18.6 Å². The van der Waals surface area contributed by atoms with Gasteiger partial charge in [0.1, 0.15) is 5.69 Å². The van der Waals surface area contributed by atoms with E-state index in [1.54, 1.807) is 25.5 Å². The molecule has 0 aliphatic rings. The van der Waals surface area contributed by atoms with Gasteiger partial charge in [-0.15, -0.1) is 0 Å². The molecule has 0 bridgehead atoms. The summed E-state index contributed by atoms with van der Waals surface area (Å²) in [4.78, 5) is 16.8. The summed E-state index contributed by atoms with van der Waals surface area (Å²) < 4.78 is 24.5. The zero-order valence-electron chi connectivity index (χ0n) is 13.8. The van der Waals surface area contributed by atoms with Gasteiger partial charge < -0.3 is 13.6 Å². The Morgan fingerprint density at radius 2 is 1.83 bits per heavy atom. The molecule has 0 saturated heterocycles. The number of hydrogen-bond donors (Lipinski definition) is 0. The minimum Gasteiger partial charge on any atom is -0.309 e. The van der Waals surface area contributed by atoms with Crippen LogP contribution in [0.4, 0.5) is 0 Å². The number of para-hydroxylation sites is 2. The number of hydrogen-bond acceptors (Lipinski definition) is 5. The van der Waals surface area contributed by atoms with E-state index < -0.39 is 7.60 Å². The van der Waals surface area contributed by atoms with E-state index in [9.17, 15) is 9.36 Å². The first-order valence-electron chi connectivity index (χ1n) is 7.83. The quantitative estimate of drug-likeness (QED) is 0.692. The summed E-state index contributed by atoms with van der Waals surface area (Å²) in [5.41, 5.74) is 1.94. The van der Waals surface area contributed by atoms with Crippen LogP contribution in [-0.4, -0.2) is 28.9 Å². The molecular weight excluding hydrogens is 315 g/mol. The highest BCUT2D eigenvalue weighted by Gasteiger charge is 2.23. The van der Waals surface area contributed by atoms with Crippen LogP contribution < -0.4 is 5.56 Å². The highest BCUT2D eigenvalue weighted by Crippen LogP contribution is 2.48. The molecule has 0 N–H and O–H groups in total. The fourth-order valence-electron chi connectivity index (χ4n) is 2.50. The van der Waals surface area contributed by atoms with Crippen LogP contribution in [0.25, 0.3) is 11.0 Å². The van der Waals surface area contributed by atoms with Crippen molar-refractivity contribution in [3.05, 3.63) is 40.3 Å². The van der Waals surface area contributed by atoms with Crippen molar-refractivity contribution in [2.75, 3.05) is 19.4 Å². The van der Waals surface area contributed by atoms with Crippen LogP contribution in [-0.2, 0) is 27.1 Å². The van der Waals surface area contributed by atoms with E-state index in [2.05, 4.69) is 4.98 Å². The van der Waals surface area contributed by atoms with Crippen LogP contribution in [0, 0.1) is 0 Å². The van der Waals surface area contributed by atoms with Crippen molar-refractivity contribution in [1.82, 2.24) is 9.55 Å². The van der Waals surface area contributed by atoms with Crippen molar-refractivity contribution < 1.29 is 13.6 Å². The summed E-state index contributed by atoms with van der Waals surface area (Å²) in [6, 6.07) is 7.51. The Bertz CT molecular complexity index is 762. The zero-order chi connectivity index (χ0) is 16.9. The molecule has 0 unspecified atom stereocenters. The molecule has 2 aromatic rings. The summed E-state index contributed by atoms with van der Waals surface area (Å²) in [5, 5.41) is 0. The van der Waals surface area contributed by atoms with Gasteiger partial charge in [0.05, 0.1) is 30.4 Å². The largest absolute Gasteiger partial charge is 0.330 e. The Kier molecular flexibility index (Phi) is 6.10. The van der Waals surface area contributed by atoms with Gasteiger partial charge in [-0.25, -0.2) is 4.98 Å². The van der Waals surface area contributed by atoms with Crippen LogP contribution in [0.5, 0.6) is 0 Å². The van der Waals surface area contributed by atoms with Crippen molar-refractivity contribution in [1.29, 1.82) is 0 Å². The molecule has 0 aliphatic carbocycles. The van der Waals surface area contributed by atoms with Gasteiger partial charge in [0.15, 0.2) is 0 Å². The summed E-state index contributed by atoms with van der Waals surface area (Å²) in [7, 11) is -1.33. The van der Waals surface area contributed by atoms with E-state index >= 15 is 0 Å². The average molecular weight is 338 g/mol. The first-order valence-corrected chi connectivity index (χ1v) is 9.56. The molecule has 1 aromatic heterocycles. The Labute approximate surface area is 136 Å². The second-order valence-corrected chi connectivity index (χ2v) is 7.37. The van der Waals surface area contributed by atoms with E-state index in [4.69, 9.17) is 9.05 Å². The van der Waals surface area contributed by atoms with Crippen LogP contribution in [0.15, 0.2) is 29.1 Å². The fourth-order valence-corrected chi connectivity index (χ4v) is 4.17. The number of benzene rings is 1. The van der Waals surface area contributed by atoms with Gasteiger partial charge in [-0.3, -0.25) is 9.36 Å². The molecule has 0 radical (unpaired) electrons. The minimum absolute atomic E-state index is 0.119. The van der Waals surface area contributed by atoms with Crippen molar-refractivity contribution in [3.63, 3.8) is 0 Å². The van der Waals surface area contributed by atoms with Crippen LogP contribution in [0.1, 0.15) is 26.0 Å². The summed E-state index contributed by atoms with van der Waals surface area (Å²) >= 11 is 0. The standard InChI is InChI=1S/C16H23N2O4P/c1-4-21-23(20,22-5-2)12-8-10-14-16(19)18(3)15-11-7-6-9-13(15)17-14/h6-7,9,11H,4-5,8,10,12H2,1-3H3. The average Bonchev–Trinajstić information content (AvgIpc) is 2.52. The van der Waals surface area contributed by atoms with Gasteiger partial charge in [-0.2, -0.15) is 0 Å². The minimum atomic E-state index is -3.07. The lowest BCUT2D eigenvalue weighted by Gasteiger charge is -2.16. The predicted octanol–water partition coefficient (Wildman–Crippen LogP) is 3.13. The highest BCUT2D eigenvalue weighted by atomic mass is 31.2. The summed E-state index contributed by atoms with van der Waals surface area (Å²) in [6.45, 7) is 4.25. The van der Waals surface area contributed by atoms with E-state index in [1.165, 1.54) is 0 Å². The maximum absolute atomic E-state index is 12.4. The maximum Gasteiger partial charge on any atom is 0.330 e. The molecule has 23 heavy (non-hydrogen) atoms. The van der Waals surface area contributed by atoms with Crippen LogP contribution >= 0.6 is 7.60 Å². The molecule has 126 valence electrons. The molecule has 0 aliphatic heterocycles.